The molecule has 0 saturated carbocycles. The van der Waals surface area contributed by atoms with E-state index >= 15 is 0 Å². The molecule has 2 aromatic rings. The zero-order chi connectivity index (χ0) is 18.4. The summed E-state index contributed by atoms with van der Waals surface area (Å²) in [7, 11) is 0. The molecule has 2 aromatic carbocycles. The number of amides is 2. The van der Waals surface area contributed by atoms with E-state index in [1.54, 1.807) is 0 Å². The summed E-state index contributed by atoms with van der Waals surface area (Å²) in [5.74, 6) is -0.116. The van der Waals surface area contributed by atoms with Crippen LogP contribution >= 0.6 is 0 Å². The summed E-state index contributed by atoms with van der Waals surface area (Å²) in [4.78, 5) is 24.2. The summed E-state index contributed by atoms with van der Waals surface area (Å²) in [6, 6.07) is 11.8. The molecule has 0 unspecified atom stereocenters. The molecule has 25 heavy (non-hydrogen) atoms. The van der Waals surface area contributed by atoms with Gasteiger partial charge in [0.25, 0.3) is 0 Å². The average molecular weight is 338 g/mol. The van der Waals surface area contributed by atoms with Gasteiger partial charge in [-0.15, -0.1) is 0 Å². The fourth-order valence-corrected chi connectivity index (χ4v) is 2.84. The number of aryl methyl sites for hydroxylation is 4. The van der Waals surface area contributed by atoms with Gasteiger partial charge >= 0.3 is 0 Å². The Morgan fingerprint density at radius 1 is 0.680 bits per heavy atom. The quantitative estimate of drug-likeness (QED) is 0.804. The van der Waals surface area contributed by atoms with E-state index in [9.17, 15) is 9.59 Å². The Bertz CT molecular complexity index is 675. The maximum absolute atomic E-state index is 12.1. The smallest absolute Gasteiger partial charge is 0.224 e. The van der Waals surface area contributed by atoms with Gasteiger partial charge in [0.1, 0.15) is 0 Å². The minimum atomic E-state index is -0.0581. The molecule has 0 heterocycles. The third-order valence-electron chi connectivity index (χ3n) is 4.30. The van der Waals surface area contributed by atoms with Crippen LogP contribution in [0.15, 0.2) is 36.4 Å². The highest BCUT2D eigenvalue weighted by atomic mass is 16.2. The van der Waals surface area contributed by atoms with Gasteiger partial charge in [-0.3, -0.25) is 9.59 Å². The Morgan fingerprint density at radius 3 is 1.32 bits per heavy atom. The SMILES string of the molecule is Cc1cccc(C)c1NC(=O)CCCC(=O)Nc1c(C)cccc1C. The second kappa shape index (κ2) is 8.47. The van der Waals surface area contributed by atoms with E-state index in [1.807, 2.05) is 64.1 Å². The molecule has 0 aliphatic carbocycles. The first-order chi connectivity index (χ1) is 11.9. The van der Waals surface area contributed by atoms with Crippen LogP contribution in [-0.2, 0) is 9.59 Å². The van der Waals surface area contributed by atoms with Crippen molar-refractivity contribution >= 4 is 23.2 Å². The lowest BCUT2D eigenvalue weighted by Crippen LogP contribution is -2.16. The highest BCUT2D eigenvalue weighted by molar-refractivity contribution is 5.94. The predicted molar refractivity (Wildman–Crippen MR) is 103 cm³/mol. The van der Waals surface area contributed by atoms with Crippen LogP contribution < -0.4 is 10.6 Å². The van der Waals surface area contributed by atoms with Gasteiger partial charge in [-0.25, -0.2) is 0 Å². The molecule has 4 heteroatoms. The van der Waals surface area contributed by atoms with Crippen molar-refractivity contribution in [1.82, 2.24) is 0 Å². The van der Waals surface area contributed by atoms with Crippen molar-refractivity contribution in [3.05, 3.63) is 58.7 Å². The van der Waals surface area contributed by atoms with Crippen molar-refractivity contribution in [3.8, 4) is 0 Å². The van der Waals surface area contributed by atoms with Gasteiger partial charge < -0.3 is 10.6 Å². The first kappa shape index (κ1) is 18.7. The van der Waals surface area contributed by atoms with Crippen molar-refractivity contribution in [1.29, 1.82) is 0 Å². The molecular formula is C21H26N2O2. The molecule has 4 nitrogen and oxygen atoms in total. The summed E-state index contributed by atoms with van der Waals surface area (Å²) in [5.41, 5.74) is 5.91. The lowest BCUT2D eigenvalue weighted by molar-refractivity contribution is -0.117. The van der Waals surface area contributed by atoms with Crippen LogP contribution in [0.1, 0.15) is 41.5 Å². The minimum absolute atomic E-state index is 0.0581. The molecule has 0 spiro atoms. The predicted octanol–water partition coefficient (Wildman–Crippen LogP) is 4.67. The summed E-state index contributed by atoms with van der Waals surface area (Å²) >= 11 is 0. The van der Waals surface area contributed by atoms with E-state index in [4.69, 9.17) is 0 Å². The minimum Gasteiger partial charge on any atom is -0.326 e. The van der Waals surface area contributed by atoms with E-state index in [1.165, 1.54) is 0 Å². The summed E-state index contributed by atoms with van der Waals surface area (Å²) in [6.07, 6.45) is 1.18. The van der Waals surface area contributed by atoms with Crippen LogP contribution in [0, 0.1) is 27.7 Å². The van der Waals surface area contributed by atoms with Crippen molar-refractivity contribution in [2.75, 3.05) is 10.6 Å². The van der Waals surface area contributed by atoms with E-state index in [2.05, 4.69) is 10.6 Å². The molecule has 0 aliphatic heterocycles. The molecule has 0 bridgehead atoms. The zero-order valence-corrected chi connectivity index (χ0v) is 15.4. The van der Waals surface area contributed by atoms with E-state index in [0.29, 0.717) is 19.3 Å². The number of hydrogen-bond acceptors (Lipinski definition) is 2. The number of carbonyl (C=O) groups is 2. The highest BCUT2D eigenvalue weighted by Crippen LogP contribution is 2.21. The lowest BCUT2D eigenvalue weighted by atomic mass is 10.1. The molecular weight excluding hydrogens is 312 g/mol. The van der Waals surface area contributed by atoms with Crippen molar-refractivity contribution in [2.24, 2.45) is 0 Å². The third kappa shape index (κ3) is 5.18. The van der Waals surface area contributed by atoms with Crippen molar-refractivity contribution in [3.63, 3.8) is 0 Å². The third-order valence-corrected chi connectivity index (χ3v) is 4.30. The van der Waals surface area contributed by atoms with Gasteiger partial charge in [-0.05, 0) is 56.4 Å². The first-order valence-electron chi connectivity index (χ1n) is 8.60. The van der Waals surface area contributed by atoms with Crippen LogP contribution in [0.3, 0.4) is 0 Å². The molecule has 0 aliphatic rings. The second-order valence-electron chi connectivity index (χ2n) is 6.48. The number of carbonyl (C=O) groups excluding carboxylic acids is 2. The molecule has 0 atom stereocenters. The standard InChI is InChI=1S/C21H26N2O2/c1-14-8-5-9-15(2)20(14)22-18(24)12-7-13-19(25)23-21-16(3)10-6-11-17(21)4/h5-6,8-11H,7,12-13H2,1-4H3,(H,22,24)(H,23,25). The fourth-order valence-electron chi connectivity index (χ4n) is 2.84. The number of para-hydroxylation sites is 2. The summed E-state index contributed by atoms with van der Waals surface area (Å²) in [5, 5.41) is 5.90. The normalized spacial score (nSPS) is 10.4. The number of anilines is 2. The Hall–Kier alpha value is -2.62. The number of nitrogens with one attached hydrogen (secondary N) is 2. The molecule has 132 valence electrons. The van der Waals surface area contributed by atoms with E-state index in [-0.39, 0.29) is 11.8 Å². The molecule has 0 saturated heterocycles. The maximum atomic E-state index is 12.1. The summed E-state index contributed by atoms with van der Waals surface area (Å²) in [6.45, 7) is 7.89. The van der Waals surface area contributed by atoms with Gasteiger partial charge in [-0.1, -0.05) is 36.4 Å². The van der Waals surface area contributed by atoms with Gasteiger partial charge in [0.2, 0.25) is 11.8 Å². The fraction of sp³-hybridized carbons (Fsp3) is 0.333. The van der Waals surface area contributed by atoms with E-state index < -0.39 is 0 Å². The first-order valence-corrected chi connectivity index (χ1v) is 8.60. The van der Waals surface area contributed by atoms with Crippen LogP contribution in [0.5, 0.6) is 0 Å². The lowest BCUT2D eigenvalue weighted by Gasteiger charge is -2.12. The Balaban J connectivity index is 1.82. The molecule has 0 radical (unpaired) electrons. The molecule has 2 rings (SSSR count). The number of benzene rings is 2. The Morgan fingerprint density at radius 2 is 1.00 bits per heavy atom. The topological polar surface area (TPSA) is 58.2 Å². The monoisotopic (exact) mass is 338 g/mol. The van der Waals surface area contributed by atoms with Crippen LogP contribution in [0.2, 0.25) is 0 Å². The number of hydrogen-bond donors (Lipinski definition) is 2. The Kier molecular flexibility index (Phi) is 6.34. The van der Waals surface area contributed by atoms with Crippen molar-refractivity contribution in [2.45, 2.75) is 47.0 Å². The maximum Gasteiger partial charge on any atom is 0.224 e. The van der Waals surface area contributed by atoms with Crippen LogP contribution in [0.25, 0.3) is 0 Å². The number of rotatable bonds is 6. The van der Waals surface area contributed by atoms with Crippen LogP contribution in [0.4, 0.5) is 11.4 Å². The van der Waals surface area contributed by atoms with Gasteiger partial charge in [-0.2, -0.15) is 0 Å². The summed E-state index contributed by atoms with van der Waals surface area (Å²) < 4.78 is 0. The Labute approximate surface area is 149 Å². The average Bonchev–Trinajstić information content (AvgIpc) is 2.55. The molecule has 0 fully saturated rings. The molecule has 2 amide bonds. The van der Waals surface area contributed by atoms with Gasteiger partial charge in [0, 0.05) is 24.2 Å². The molecule has 0 aromatic heterocycles. The zero-order valence-electron chi connectivity index (χ0n) is 15.4. The highest BCUT2D eigenvalue weighted by Gasteiger charge is 2.10. The van der Waals surface area contributed by atoms with Gasteiger partial charge in [0.05, 0.1) is 0 Å². The van der Waals surface area contributed by atoms with Crippen molar-refractivity contribution < 1.29 is 9.59 Å². The van der Waals surface area contributed by atoms with Crippen LogP contribution in [-0.4, -0.2) is 11.8 Å². The second-order valence-corrected chi connectivity index (χ2v) is 6.48. The largest absolute Gasteiger partial charge is 0.326 e. The van der Waals surface area contributed by atoms with Gasteiger partial charge in [0.15, 0.2) is 0 Å². The molecule has 2 N–H and O–H groups in total. The van der Waals surface area contributed by atoms with E-state index in [0.717, 1.165) is 33.6 Å².